The number of nitrogens with one attached hydrogen (secondary N) is 1. The van der Waals surface area contributed by atoms with E-state index in [1.54, 1.807) is 0 Å². The highest BCUT2D eigenvalue weighted by atomic mass is 15.0. The largest absolute Gasteiger partial charge is 0.337 e. The monoisotopic (exact) mass is 221 g/mol. The van der Waals surface area contributed by atoms with Crippen molar-refractivity contribution in [3.05, 3.63) is 18.7 Å². The SMILES string of the molecule is CC1CCC(NCCCCn2ccnc2)C1. The van der Waals surface area contributed by atoms with Gasteiger partial charge in [-0.05, 0) is 44.6 Å². The van der Waals surface area contributed by atoms with Crippen molar-refractivity contribution < 1.29 is 0 Å². The van der Waals surface area contributed by atoms with Gasteiger partial charge in [-0.1, -0.05) is 6.92 Å². The number of unbranched alkanes of at least 4 members (excludes halogenated alkanes) is 1. The third-order valence-electron chi connectivity index (χ3n) is 3.53. The number of nitrogens with zero attached hydrogens (tertiary/aromatic N) is 2. The zero-order chi connectivity index (χ0) is 11.2. The minimum Gasteiger partial charge on any atom is -0.337 e. The van der Waals surface area contributed by atoms with Crippen molar-refractivity contribution in [2.24, 2.45) is 5.92 Å². The van der Waals surface area contributed by atoms with Gasteiger partial charge in [0.15, 0.2) is 0 Å². The summed E-state index contributed by atoms with van der Waals surface area (Å²) in [6.07, 6.45) is 12.4. The van der Waals surface area contributed by atoms with E-state index in [1.165, 1.54) is 38.6 Å². The van der Waals surface area contributed by atoms with Gasteiger partial charge in [0.25, 0.3) is 0 Å². The van der Waals surface area contributed by atoms with Gasteiger partial charge in [0.2, 0.25) is 0 Å². The molecule has 16 heavy (non-hydrogen) atoms. The highest BCUT2D eigenvalue weighted by Gasteiger charge is 2.19. The van der Waals surface area contributed by atoms with E-state index >= 15 is 0 Å². The Bertz CT molecular complexity index is 281. The lowest BCUT2D eigenvalue weighted by Gasteiger charge is -2.12. The summed E-state index contributed by atoms with van der Waals surface area (Å²) in [4.78, 5) is 4.04. The molecule has 2 rings (SSSR count). The number of rotatable bonds is 6. The Kier molecular flexibility index (Phi) is 4.40. The minimum atomic E-state index is 0.795. The molecule has 0 bridgehead atoms. The number of aromatic nitrogens is 2. The molecule has 0 amide bonds. The van der Waals surface area contributed by atoms with Gasteiger partial charge in [-0.3, -0.25) is 0 Å². The Morgan fingerprint density at radius 3 is 3.00 bits per heavy atom. The summed E-state index contributed by atoms with van der Waals surface area (Å²) in [6.45, 7) is 4.63. The maximum atomic E-state index is 4.04. The smallest absolute Gasteiger partial charge is 0.0945 e. The van der Waals surface area contributed by atoms with E-state index in [0.717, 1.165) is 18.5 Å². The molecule has 1 saturated carbocycles. The molecule has 0 spiro atoms. The quantitative estimate of drug-likeness (QED) is 0.748. The van der Waals surface area contributed by atoms with Gasteiger partial charge in [-0.25, -0.2) is 4.98 Å². The van der Waals surface area contributed by atoms with Crippen molar-refractivity contribution in [2.75, 3.05) is 6.54 Å². The summed E-state index contributed by atoms with van der Waals surface area (Å²) in [6, 6.07) is 0.795. The molecule has 0 aliphatic heterocycles. The molecule has 1 aromatic rings. The molecule has 2 unspecified atom stereocenters. The molecule has 1 aliphatic rings. The van der Waals surface area contributed by atoms with Crippen LogP contribution in [0.15, 0.2) is 18.7 Å². The third kappa shape index (κ3) is 3.63. The predicted molar refractivity (Wildman–Crippen MR) is 66.3 cm³/mol. The predicted octanol–water partition coefficient (Wildman–Crippen LogP) is 2.44. The normalized spacial score (nSPS) is 25.1. The fourth-order valence-electron chi connectivity index (χ4n) is 2.54. The van der Waals surface area contributed by atoms with E-state index in [-0.39, 0.29) is 0 Å². The average Bonchev–Trinajstić information content (AvgIpc) is 2.89. The van der Waals surface area contributed by atoms with Crippen LogP contribution in [0.1, 0.15) is 39.0 Å². The van der Waals surface area contributed by atoms with Crippen molar-refractivity contribution in [2.45, 2.75) is 51.6 Å². The standard InChI is InChI=1S/C13H23N3/c1-12-4-5-13(10-12)15-6-2-3-8-16-9-7-14-11-16/h7,9,11-13,15H,2-6,8,10H2,1H3. The minimum absolute atomic E-state index is 0.795. The van der Waals surface area contributed by atoms with Crippen LogP contribution in [0.5, 0.6) is 0 Å². The summed E-state index contributed by atoms with van der Waals surface area (Å²) >= 11 is 0. The Hall–Kier alpha value is -0.830. The van der Waals surface area contributed by atoms with Gasteiger partial charge in [0.1, 0.15) is 0 Å². The van der Waals surface area contributed by atoms with Crippen molar-refractivity contribution in [1.82, 2.24) is 14.9 Å². The van der Waals surface area contributed by atoms with Gasteiger partial charge in [0, 0.05) is 25.0 Å². The number of hydrogen-bond donors (Lipinski definition) is 1. The van der Waals surface area contributed by atoms with Crippen LogP contribution in [0.3, 0.4) is 0 Å². The van der Waals surface area contributed by atoms with Crippen molar-refractivity contribution in [3.63, 3.8) is 0 Å². The van der Waals surface area contributed by atoms with Crippen molar-refractivity contribution in [3.8, 4) is 0 Å². The Labute approximate surface area is 98.3 Å². The van der Waals surface area contributed by atoms with Crippen LogP contribution >= 0.6 is 0 Å². The van der Waals surface area contributed by atoms with Crippen LogP contribution in [0.2, 0.25) is 0 Å². The van der Waals surface area contributed by atoms with Crippen LogP contribution in [-0.4, -0.2) is 22.1 Å². The molecule has 1 N–H and O–H groups in total. The molecule has 3 heteroatoms. The van der Waals surface area contributed by atoms with Crippen LogP contribution in [0.4, 0.5) is 0 Å². The first kappa shape index (κ1) is 11.6. The van der Waals surface area contributed by atoms with Crippen LogP contribution in [0.25, 0.3) is 0 Å². The van der Waals surface area contributed by atoms with E-state index in [4.69, 9.17) is 0 Å². The summed E-state index contributed by atoms with van der Waals surface area (Å²) in [5, 5.41) is 3.67. The second-order valence-corrected chi connectivity index (χ2v) is 5.08. The first-order valence-electron chi connectivity index (χ1n) is 6.53. The highest BCUT2D eigenvalue weighted by Crippen LogP contribution is 2.24. The number of hydrogen-bond acceptors (Lipinski definition) is 2. The summed E-state index contributed by atoms with van der Waals surface area (Å²) in [5.41, 5.74) is 0. The molecule has 90 valence electrons. The zero-order valence-corrected chi connectivity index (χ0v) is 10.2. The summed E-state index contributed by atoms with van der Waals surface area (Å²) < 4.78 is 2.15. The first-order chi connectivity index (χ1) is 7.84. The molecule has 1 aliphatic carbocycles. The van der Waals surface area contributed by atoms with Gasteiger partial charge in [0.05, 0.1) is 6.33 Å². The molecule has 0 radical (unpaired) electrons. The molecular formula is C13H23N3. The highest BCUT2D eigenvalue weighted by molar-refractivity contribution is 4.78. The lowest BCUT2D eigenvalue weighted by atomic mass is 10.1. The summed E-state index contributed by atoms with van der Waals surface area (Å²) in [7, 11) is 0. The number of aryl methyl sites for hydroxylation is 1. The van der Waals surface area contributed by atoms with Gasteiger partial charge < -0.3 is 9.88 Å². The second kappa shape index (κ2) is 6.04. The van der Waals surface area contributed by atoms with E-state index in [1.807, 2.05) is 18.7 Å². The fraction of sp³-hybridized carbons (Fsp3) is 0.769. The summed E-state index contributed by atoms with van der Waals surface area (Å²) in [5.74, 6) is 0.934. The molecule has 1 aromatic heterocycles. The molecular weight excluding hydrogens is 198 g/mol. The zero-order valence-electron chi connectivity index (χ0n) is 10.2. The van der Waals surface area contributed by atoms with Crippen molar-refractivity contribution in [1.29, 1.82) is 0 Å². The van der Waals surface area contributed by atoms with E-state index in [2.05, 4.69) is 21.8 Å². The van der Waals surface area contributed by atoms with Crippen LogP contribution < -0.4 is 5.32 Å². The van der Waals surface area contributed by atoms with Gasteiger partial charge >= 0.3 is 0 Å². The molecule has 0 saturated heterocycles. The Balaban J connectivity index is 1.49. The van der Waals surface area contributed by atoms with Crippen LogP contribution in [0, 0.1) is 5.92 Å². The number of imidazole rings is 1. The first-order valence-corrected chi connectivity index (χ1v) is 6.53. The maximum Gasteiger partial charge on any atom is 0.0945 e. The maximum absolute atomic E-state index is 4.04. The second-order valence-electron chi connectivity index (χ2n) is 5.08. The topological polar surface area (TPSA) is 29.9 Å². The molecule has 0 aromatic carbocycles. The van der Waals surface area contributed by atoms with Gasteiger partial charge in [-0.15, -0.1) is 0 Å². The van der Waals surface area contributed by atoms with Crippen LogP contribution in [-0.2, 0) is 6.54 Å². The molecule has 1 heterocycles. The van der Waals surface area contributed by atoms with Crippen molar-refractivity contribution >= 4 is 0 Å². The molecule has 3 nitrogen and oxygen atoms in total. The Morgan fingerprint density at radius 2 is 2.31 bits per heavy atom. The van der Waals surface area contributed by atoms with E-state index in [9.17, 15) is 0 Å². The lowest BCUT2D eigenvalue weighted by Crippen LogP contribution is -2.27. The average molecular weight is 221 g/mol. The third-order valence-corrected chi connectivity index (χ3v) is 3.53. The lowest BCUT2D eigenvalue weighted by molar-refractivity contribution is 0.481. The van der Waals surface area contributed by atoms with E-state index in [0.29, 0.717) is 0 Å². The van der Waals surface area contributed by atoms with Gasteiger partial charge in [-0.2, -0.15) is 0 Å². The Morgan fingerprint density at radius 1 is 1.38 bits per heavy atom. The fourth-order valence-corrected chi connectivity index (χ4v) is 2.54. The molecule has 2 atom stereocenters. The molecule has 1 fully saturated rings. The van der Waals surface area contributed by atoms with E-state index < -0.39 is 0 Å².